The third kappa shape index (κ3) is 2.34. The number of fused-ring (bicyclic) bond motifs is 1. The highest BCUT2D eigenvalue weighted by molar-refractivity contribution is 5.21. The van der Waals surface area contributed by atoms with Gasteiger partial charge >= 0.3 is 0 Å². The summed E-state index contributed by atoms with van der Waals surface area (Å²) in [6.45, 7) is 1.61. The molecule has 0 aromatic carbocycles. The first-order valence-electron chi connectivity index (χ1n) is 7.17. The number of aromatic amines is 1. The average Bonchev–Trinajstić information content (AvgIpc) is 2.67. The third-order valence-electron chi connectivity index (χ3n) is 4.20. The van der Waals surface area contributed by atoms with Gasteiger partial charge in [-0.25, -0.2) is 4.98 Å². The highest BCUT2D eigenvalue weighted by Gasteiger charge is 2.20. The van der Waals surface area contributed by atoms with Crippen LogP contribution in [-0.2, 0) is 13.0 Å². The van der Waals surface area contributed by atoms with Crippen molar-refractivity contribution in [2.75, 3.05) is 6.54 Å². The molecular formula is C14H21N3O. The number of nitrogens with zero attached hydrogens (tertiary/aromatic N) is 1. The Morgan fingerprint density at radius 2 is 1.89 bits per heavy atom. The summed E-state index contributed by atoms with van der Waals surface area (Å²) in [7, 11) is 0. The predicted molar refractivity (Wildman–Crippen MR) is 70.7 cm³/mol. The first-order chi connectivity index (χ1) is 8.84. The molecule has 3 rings (SSSR count). The molecule has 1 fully saturated rings. The molecule has 4 heteroatoms. The SMILES string of the molecule is O=c1[nH]c(C2CCCCCC2)nc2c1CNCC2. The van der Waals surface area contributed by atoms with Gasteiger partial charge in [-0.05, 0) is 12.8 Å². The summed E-state index contributed by atoms with van der Waals surface area (Å²) in [5, 5.41) is 3.23. The molecule has 1 aliphatic carbocycles. The van der Waals surface area contributed by atoms with Crippen LogP contribution in [-0.4, -0.2) is 16.5 Å². The fourth-order valence-electron chi connectivity index (χ4n) is 3.12. The fraction of sp³-hybridized carbons (Fsp3) is 0.714. The quantitative estimate of drug-likeness (QED) is 0.745. The average molecular weight is 247 g/mol. The first kappa shape index (κ1) is 11.9. The molecular weight excluding hydrogens is 226 g/mol. The second-order valence-electron chi connectivity index (χ2n) is 5.49. The van der Waals surface area contributed by atoms with Gasteiger partial charge in [0, 0.05) is 25.4 Å². The summed E-state index contributed by atoms with van der Waals surface area (Å²) in [6.07, 6.45) is 8.45. The standard InChI is InChI=1S/C14H21N3O/c18-14-11-9-15-8-7-12(11)16-13(17-14)10-5-3-1-2-4-6-10/h10,15H,1-9H2,(H,16,17,18). The van der Waals surface area contributed by atoms with E-state index < -0.39 is 0 Å². The first-order valence-corrected chi connectivity index (χ1v) is 7.17. The molecule has 0 unspecified atom stereocenters. The number of H-pyrrole nitrogens is 1. The molecule has 2 aliphatic rings. The molecule has 0 atom stereocenters. The van der Waals surface area contributed by atoms with E-state index in [4.69, 9.17) is 4.98 Å². The van der Waals surface area contributed by atoms with Crippen LogP contribution in [0.25, 0.3) is 0 Å². The van der Waals surface area contributed by atoms with Crippen LogP contribution in [0.3, 0.4) is 0 Å². The van der Waals surface area contributed by atoms with Crippen molar-refractivity contribution in [3.63, 3.8) is 0 Å². The minimum atomic E-state index is 0.0754. The van der Waals surface area contributed by atoms with Gasteiger partial charge in [-0.15, -0.1) is 0 Å². The lowest BCUT2D eigenvalue weighted by molar-refractivity contribution is 0.542. The second-order valence-corrected chi connectivity index (χ2v) is 5.49. The Labute approximate surface area is 107 Å². The Morgan fingerprint density at radius 1 is 1.11 bits per heavy atom. The van der Waals surface area contributed by atoms with Crippen molar-refractivity contribution in [2.45, 2.75) is 57.4 Å². The van der Waals surface area contributed by atoms with E-state index >= 15 is 0 Å². The van der Waals surface area contributed by atoms with Crippen molar-refractivity contribution >= 4 is 0 Å². The summed E-state index contributed by atoms with van der Waals surface area (Å²) in [4.78, 5) is 19.8. The van der Waals surface area contributed by atoms with Gasteiger partial charge in [0.15, 0.2) is 0 Å². The van der Waals surface area contributed by atoms with E-state index in [0.29, 0.717) is 12.5 Å². The van der Waals surface area contributed by atoms with Gasteiger partial charge in [0.2, 0.25) is 0 Å². The van der Waals surface area contributed by atoms with E-state index in [9.17, 15) is 4.79 Å². The number of hydrogen-bond donors (Lipinski definition) is 2. The van der Waals surface area contributed by atoms with Gasteiger partial charge in [0.1, 0.15) is 5.82 Å². The lowest BCUT2D eigenvalue weighted by Crippen LogP contribution is -2.32. The van der Waals surface area contributed by atoms with Crippen molar-refractivity contribution in [1.82, 2.24) is 15.3 Å². The van der Waals surface area contributed by atoms with Crippen LogP contribution < -0.4 is 10.9 Å². The van der Waals surface area contributed by atoms with Gasteiger partial charge in [0.05, 0.1) is 11.3 Å². The maximum atomic E-state index is 12.1. The van der Waals surface area contributed by atoms with E-state index in [1.165, 1.54) is 38.5 Å². The highest BCUT2D eigenvalue weighted by atomic mass is 16.1. The Kier molecular flexibility index (Phi) is 3.46. The van der Waals surface area contributed by atoms with Gasteiger partial charge < -0.3 is 10.3 Å². The van der Waals surface area contributed by atoms with Crippen molar-refractivity contribution in [3.05, 3.63) is 27.4 Å². The molecule has 0 radical (unpaired) electrons. The van der Waals surface area contributed by atoms with Gasteiger partial charge in [-0.2, -0.15) is 0 Å². The predicted octanol–water partition coefficient (Wildman–Crippen LogP) is 1.85. The zero-order valence-electron chi connectivity index (χ0n) is 10.8. The molecule has 4 nitrogen and oxygen atoms in total. The largest absolute Gasteiger partial charge is 0.312 e. The number of hydrogen-bond acceptors (Lipinski definition) is 3. The molecule has 98 valence electrons. The summed E-state index contributed by atoms with van der Waals surface area (Å²) >= 11 is 0. The minimum Gasteiger partial charge on any atom is -0.312 e. The van der Waals surface area contributed by atoms with Crippen LogP contribution in [0.15, 0.2) is 4.79 Å². The second kappa shape index (κ2) is 5.22. The molecule has 18 heavy (non-hydrogen) atoms. The van der Waals surface area contributed by atoms with Crippen LogP contribution in [0.2, 0.25) is 0 Å². The van der Waals surface area contributed by atoms with Gasteiger partial charge in [-0.3, -0.25) is 4.79 Å². The summed E-state index contributed by atoms with van der Waals surface area (Å²) < 4.78 is 0. The lowest BCUT2D eigenvalue weighted by Gasteiger charge is -2.19. The van der Waals surface area contributed by atoms with E-state index in [1.54, 1.807) is 0 Å². The van der Waals surface area contributed by atoms with Crippen LogP contribution in [0, 0.1) is 0 Å². The van der Waals surface area contributed by atoms with Crippen LogP contribution in [0.1, 0.15) is 61.5 Å². The van der Waals surface area contributed by atoms with Crippen LogP contribution in [0.5, 0.6) is 0 Å². The number of rotatable bonds is 1. The molecule has 0 spiro atoms. The summed E-state index contributed by atoms with van der Waals surface area (Å²) in [5.41, 5.74) is 1.95. The normalized spacial score (nSPS) is 21.3. The third-order valence-corrected chi connectivity index (χ3v) is 4.20. The highest BCUT2D eigenvalue weighted by Crippen LogP contribution is 2.29. The minimum absolute atomic E-state index is 0.0754. The maximum Gasteiger partial charge on any atom is 0.255 e. The smallest absolute Gasteiger partial charge is 0.255 e. The zero-order valence-corrected chi connectivity index (χ0v) is 10.8. The number of nitrogens with one attached hydrogen (secondary N) is 2. The van der Waals surface area contributed by atoms with Crippen molar-refractivity contribution < 1.29 is 0 Å². The van der Waals surface area contributed by atoms with E-state index in [2.05, 4.69) is 10.3 Å². The Morgan fingerprint density at radius 3 is 2.67 bits per heavy atom. The molecule has 2 heterocycles. The molecule has 0 saturated heterocycles. The molecule has 1 saturated carbocycles. The molecule has 0 amide bonds. The van der Waals surface area contributed by atoms with Crippen molar-refractivity contribution in [1.29, 1.82) is 0 Å². The van der Waals surface area contributed by atoms with Gasteiger partial charge in [-0.1, -0.05) is 25.7 Å². The van der Waals surface area contributed by atoms with E-state index in [1.807, 2.05) is 0 Å². The molecule has 0 bridgehead atoms. The maximum absolute atomic E-state index is 12.1. The van der Waals surface area contributed by atoms with Crippen molar-refractivity contribution in [3.8, 4) is 0 Å². The Hall–Kier alpha value is -1.16. The zero-order chi connectivity index (χ0) is 12.4. The summed E-state index contributed by atoms with van der Waals surface area (Å²) in [5.74, 6) is 1.42. The molecule has 1 aromatic heterocycles. The molecule has 2 N–H and O–H groups in total. The molecule has 1 aromatic rings. The van der Waals surface area contributed by atoms with Crippen LogP contribution in [0.4, 0.5) is 0 Å². The Balaban J connectivity index is 1.92. The number of aromatic nitrogens is 2. The van der Waals surface area contributed by atoms with Gasteiger partial charge in [0.25, 0.3) is 5.56 Å². The summed E-state index contributed by atoms with van der Waals surface area (Å²) in [6, 6.07) is 0. The van der Waals surface area contributed by atoms with E-state index in [-0.39, 0.29) is 5.56 Å². The topological polar surface area (TPSA) is 57.8 Å². The van der Waals surface area contributed by atoms with E-state index in [0.717, 1.165) is 30.0 Å². The lowest BCUT2D eigenvalue weighted by atomic mass is 9.98. The molecule has 1 aliphatic heterocycles. The Bertz CT molecular complexity index is 472. The monoisotopic (exact) mass is 247 g/mol. The fourth-order valence-corrected chi connectivity index (χ4v) is 3.12. The van der Waals surface area contributed by atoms with Crippen molar-refractivity contribution in [2.24, 2.45) is 0 Å². The van der Waals surface area contributed by atoms with Crippen LogP contribution >= 0.6 is 0 Å².